The van der Waals surface area contributed by atoms with Crippen LogP contribution in [0.4, 0.5) is 14.9 Å². The third-order valence-corrected chi connectivity index (χ3v) is 6.79. The number of amides is 2. The van der Waals surface area contributed by atoms with Gasteiger partial charge in [0.05, 0.1) is 28.9 Å². The number of aromatic nitrogens is 2. The van der Waals surface area contributed by atoms with Crippen LogP contribution in [0.1, 0.15) is 0 Å². The zero-order valence-corrected chi connectivity index (χ0v) is 17.9. The normalized spacial score (nSPS) is 10.7. The Morgan fingerprint density at radius 3 is 2.62 bits per heavy atom. The van der Waals surface area contributed by atoms with E-state index in [9.17, 15) is 4.79 Å². The van der Waals surface area contributed by atoms with Gasteiger partial charge in [-0.05, 0) is 24.3 Å². The second-order valence-corrected chi connectivity index (χ2v) is 8.99. The van der Waals surface area contributed by atoms with Crippen LogP contribution in [-0.4, -0.2) is 30.2 Å². The van der Waals surface area contributed by atoms with Crippen molar-refractivity contribution in [2.45, 2.75) is 9.10 Å². The molecule has 0 fully saturated rings. The van der Waals surface area contributed by atoms with Crippen LogP contribution in [0.15, 0.2) is 57.2 Å². The van der Waals surface area contributed by atoms with Crippen molar-refractivity contribution in [3.05, 3.63) is 48.1 Å². The quantitative estimate of drug-likeness (QED) is 0.405. The number of thiazole rings is 1. The first kappa shape index (κ1) is 19.5. The molecule has 2 N–H and O–H groups in total. The van der Waals surface area contributed by atoms with E-state index < -0.39 is 0 Å². The lowest BCUT2D eigenvalue weighted by Crippen LogP contribution is -2.18. The Morgan fingerprint density at radius 1 is 1.03 bits per heavy atom. The molecule has 29 heavy (non-hydrogen) atoms. The summed E-state index contributed by atoms with van der Waals surface area (Å²) in [5.41, 5.74) is 0.824. The van der Waals surface area contributed by atoms with Crippen LogP contribution < -0.4 is 20.1 Å². The van der Waals surface area contributed by atoms with Gasteiger partial charge in [-0.2, -0.15) is 0 Å². The van der Waals surface area contributed by atoms with Gasteiger partial charge in [0.15, 0.2) is 16.6 Å². The molecule has 0 bridgehead atoms. The molecule has 0 radical (unpaired) electrons. The molecule has 148 valence electrons. The molecule has 4 rings (SSSR count). The van der Waals surface area contributed by atoms with Crippen LogP contribution in [0, 0.1) is 0 Å². The Morgan fingerprint density at radius 2 is 1.86 bits per heavy atom. The summed E-state index contributed by atoms with van der Waals surface area (Å²) in [4.78, 5) is 21.6. The summed E-state index contributed by atoms with van der Waals surface area (Å²) in [6.07, 6.45) is 3.41. The number of nitrogens with one attached hydrogen (secondary N) is 2. The maximum absolute atomic E-state index is 12.1. The summed E-state index contributed by atoms with van der Waals surface area (Å²) in [6.45, 7) is 0. The topological polar surface area (TPSA) is 85.4 Å². The number of carbonyl (C=O) groups is 1. The number of pyridine rings is 1. The minimum Gasteiger partial charge on any atom is -0.493 e. The number of hydrogen-bond donors (Lipinski definition) is 2. The van der Waals surface area contributed by atoms with Gasteiger partial charge in [0.2, 0.25) is 0 Å². The highest BCUT2D eigenvalue weighted by molar-refractivity contribution is 8.01. The highest BCUT2D eigenvalue weighted by Gasteiger charge is 2.12. The average molecular weight is 445 g/mol. The molecule has 10 heteroatoms. The molecule has 1 aromatic carbocycles. The summed E-state index contributed by atoms with van der Waals surface area (Å²) in [5, 5.41) is 9.61. The number of anilines is 2. The highest BCUT2D eigenvalue weighted by atomic mass is 32.2. The van der Waals surface area contributed by atoms with Gasteiger partial charge in [-0.15, -0.1) is 22.7 Å². The van der Waals surface area contributed by atoms with E-state index >= 15 is 0 Å². The van der Waals surface area contributed by atoms with Crippen LogP contribution >= 0.6 is 34.4 Å². The third kappa shape index (κ3) is 4.44. The Balaban J connectivity index is 1.52. The lowest BCUT2D eigenvalue weighted by atomic mass is 10.2. The summed E-state index contributed by atoms with van der Waals surface area (Å²) < 4.78 is 11.8. The average Bonchev–Trinajstić information content (AvgIpc) is 3.39. The van der Waals surface area contributed by atoms with Crippen LogP contribution in [-0.2, 0) is 0 Å². The second-order valence-electron chi connectivity index (χ2n) is 5.67. The van der Waals surface area contributed by atoms with Gasteiger partial charge < -0.3 is 9.47 Å². The van der Waals surface area contributed by atoms with E-state index in [-0.39, 0.29) is 6.03 Å². The molecule has 4 aromatic rings. The maximum Gasteiger partial charge on any atom is 0.326 e. The van der Waals surface area contributed by atoms with Crippen molar-refractivity contribution in [1.29, 1.82) is 0 Å². The van der Waals surface area contributed by atoms with Crippen LogP contribution in [0.5, 0.6) is 11.5 Å². The van der Waals surface area contributed by atoms with Crippen molar-refractivity contribution in [2.24, 2.45) is 0 Å². The molecule has 0 saturated heterocycles. The number of fused-ring (bicyclic) bond motifs is 1. The first-order valence-electron chi connectivity index (χ1n) is 8.42. The molecule has 0 aliphatic heterocycles. The lowest BCUT2D eigenvalue weighted by Gasteiger charge is -2.10. The largest absolute Gasteiger partial charge is 0.493 e. The number of carbonyl (C=O) groups excluding carboxylic acids is 1. The summed E-state index contributed by atoms with van der Waals surface area (Å²) in [6, 6.07) is 9.29. The standard InChI is InChI=1S/C19H16N4O3S3/c1-25-13-9-11-12(10-14(13)26-2)20-6-5-15(11)28-17-4-3-16(29-17)22-18(24)23-19-21-7-8-27-19/h3-10H,1-2H3,(H2,21,22,23,24). The van der Waals surface area contributed by atoms with Gasteiger partial charge in [0, 0.05) is 34.1 Å². The molecule has 7 nitrogen and oxygen atoms in total. The number of urea groups is 1. The molecule has 0 spiro atoms. The van der Waals surface area contributed by atoms with Gasteiger partial charge in [-0.25, -0.2) is 9.78 Å². The number of methoxy groups -OCH3 is 2. The van der Waals surface area contributed by atoms with Crippen molar-refractivity contribution in [2.75, 3.05) is 24.9 Å². The van der Waals surface area contributed by atoms with E-state index in [0.717, 1.165) is 25.0 Å². The van der Waals surface area contributed by atoms with Crippen molar-refractivity contribution in [1.82, 2.24) is 9.97 Å². The number of hydrogen-bond acceptors (Lipinski definition) is 8. The van der Waals surface area contributed by atoms with E-state index in [0.29, 0.717) is 16.6 Å². The number of rotatable bonds is 6. The molecule has 2 amide bonds. The van der Waals surface area contributed by atoms with Crippen molar-refractivity contribution < 1.29 is 14.3 Å². The Kier molecular flexibility index (Phi) is 5.84. The summed E-state index contributed by atoms with van der Waals surface area (Å²) in [5.74, 6) is 1.30. The van der Waals surface area contributed by atoms with E-state index in [4.69, 9.17) is 9.47 Å². The molecule has 3 heterocycles. The molecule has 0 saturated carbocycles. The van der Waals surface area contributed by atoms with E-state index in [1.807, 2.05) is 30.3 Å². The summed E-state index contributed by atoms with van der Waals surface area (Å²) in [7, 11) is 3.22. The van der Waals surface area contributed by atoms with Crippen LogP contribution in [0.3, 0.4) is 0 Å². The summed E-state index contributed by atoms with van der Waals surface area (Å²) >= 11 is 4.46. The maximum atomic E-state index is 12.1. The molecule has 0 aliphatic rings. The zero-order chi connectivity index (χ0) is 20.2. The van der Waals surface area contributed by atoms with E-state index in [2.05, 4.69) is 20.6 Å². The van der Waals surface area contributed by atoms with Gasteiger partial charge in [0.1, 0.15) is 0 Å². The Bertz CT molecular complexity index is 1150. The Labute approximate surface area is 179 Å². The van der Waals surface area contributed by atoms with Crippen molar-refractivity contribution >= 4 is 61.5 Å². The molecular formula is C19H16N4O3S3. The SMILES string of the molecule is COc1cc2nccc(Sc3ccc(NC(=O)Nc4nccs4)s3)c2cc1OC. The minimum atomic E-state index is -0.315. The van der Waals surface area contributed by atoms with Crippen molar-refractivity contribution in [3.63, 3.8) is 0 Å². The monoisotopic (exact) mass is 444 g/mol. The first-order chi connectivity index (χ1) is 14.2. The third-order valence-electron chi connectivity index (χ3n) is 3.89. The van der Waals surface area contributed by atoms with Gasteiger partial charge in [0.25, 0.3) is 0 Å². The lowest BCUT2D eigenvalue weighted by molar-refractivity contribution is 0.262. The number of ether oxygens (including phenoxy) is 2. The van der Waals surface area contributed by atoms with Crippen LogP contribution in [0.25, 0.3) is 10.9 Å². The first-order valence-corrected chi connectivity index (χ1v) is 10.9. The Hall–Kier alpha value is -2.82. The second kappa shape index (κ2) is 8.68. The van der Waals surface area contributed by atoms with E-state index in [1.54, 1.807) is 43.8 Å². The smallest absolute Gasteiger partial charge is 0.326 e. The zero-order valence-electron chi connectivity index (χ0n) is 15.5. The fraction of sp³-hybridized carbons (Fsp3) is 0.105. The highest BCUT2D eigenvalue weighted by Crippen LogP contribution is 2.41. The van der Waals surface area contributed by atoms with Gasteiger partial charge >= 0.3 is 6.03 Å². The predicted molar refractivity (Wildman–Crippen MR) is 118 cm³/mol. The number of thiophene rings is 1. The van der Waals surface area contributed by atoms with Gasteiger partial charge in [-0.1, -0.05) is 11.8 Å². The fourth-order valence-corrected chi connectivity index (χ4v) is 5.23. The molecule has 0 aliphatic carbocycles. The van der Waals surface area contributed by atoms with E-state index in [1.165, 1.54) is 22.7 Å². The number of benzene rings is 1. The molecule has 3 aromatic heterocycles. The van der Waals surface area contributed by atoms with Gasteiger partial charge in [-0.3, -0.25) is 15.6 Å². The molecule has 0 unspecified atom stereocenters. The molecular weight excluding hydrogens is 428 g/mol. The molecule has 0 atom stereocenters. The fourth-order valence-electron chi connectivity index (χ4n) is 2.61. The number of nitrogens with zero attached hydrogens (tertiary/aromatic N) is 2. The van der Waals surface area contributed by atoms with Crippen molar-refractivity contribution in [3.8, 4) is 11.5 Å². The van der Waals surface area contributed by atoms with Crippen LogP contribution in [0.2, 0.25) is 0 Å². The minimum absolute atomic E-state index is 0.315. The predicted octanol–water partition coefficient (Wildman–Crippen LogP) is 5.57.